The molecule has 0 aliphatic rings. The van der Waals surface area contributed by atoms with Crippen molar-refractivity contribution >= 4 is 17.7 Å². The summed E-state index contributed by atoms with van der Waals surface area (Å²) in [6.45, 7) is 2.41. The zero-order valence-corrected chi connectivity index (χ0v) is 12.2. The standard InChI is InChI=1S/C13H16N4O2S/c1-9-15-13(17-16-9)20-8-7-14-12(18)10-3-5-11(19-2)6-4-10/h3-6H,7-8H2,1-2H3,(H,14,18)(H,15,16,17). The Hall–Kier alpha value is -2.02. The van der Waals surface area contributed by atoms with Gasteiger partial charge in [0.05, 0.1) is 7.11 Å². The molecular formula is C13H16N4O2S. The monoisotopic (exact) mass is 292 g/mol. The number of benzene rings is 1. The molecule has 2 N–H and O–H groups in total. The Kier molecular flexibility index (Phi) is 5.00. The molecule has 0 radical (unpaired) electrons. The number of carbonyl (C=O) groups is 1. The van der Waals surface area contributed by atoms with E-state index >= 15 is 0 Å². The minimum atomic E-state index is -0.0978. The van der Waals surface area contributed by atoms with Crippen LogP contribution in [0.5, 0.6) is 5.75 Å². The maximum atomic E-state index is 11.9. The number of methoxy groups -OCH3 is 1. The normalized spacial score (nSPS) is 10.3. The van der Waals surface area contributed by atoms with Gasteiger partial charge in [0.15, 0.2) is 0 Å². The van der Waals surface area contributed by atoms with Gasteiger partial charge in [-0.1, -0.05) is 11.8 Å². The lowest BCUT2D eigenvalue weighted by Gasteiger charge is -2.05. The highest BCUT2D eigenvalue weighted by atomic mass is 32.2. The van der Waals surface area contributed by atoms with E-state index in [1.54, 1.807) is 31.4 Å². The Bertz CT molecular complexity index is 568. The zero-order chi connectivity index (χ0) is 14.4. The van der Waals surface area contributed by atoms with E-state index in [9.17, 15) is 4.79 Å². The lowest BCUT2D eigenvalue weighted by molar-refractivity contribution is 0.0956. The topological polar surface area (TPSA) is 79.9 Å². The fourth-order valence-corrected chi connectivity index (χ4v) is 2.24. The van der Waals surface area contributed by atoms with Crippen LogP contribution in [-0.4, -0.2) is 40.5 Å². The minimum absolute atomic E-state index is 0.0978. The van der Waals surface area contributed by atoms with Crippen molar-refractivity contribution in [3.05, 3.63) is 35.7 Å². The summed E-state index contributed by atoms with van der Waals surface area (Å²) in [7, 11) is 1.59. The maximum Gasteiger partial charge on any atom is 0.251 e. The van der Waals surface area contributed by atoms with Gasteiger partial charge in [-0.15, -0.1) is 5.10 Å². The summed E-state index contributed by atoms with van der Waals surface area (Å²) >= 11 is 1.50. The fraction of sp³-hybridized carbons (Fsp3) is 0.308. The highest BCUT2D eigenvalue weighted by molar-refractivity contribution is 7.99. The molecule has 6 nitrogen and oxygen atoms in total. The smallest absolute Gasteiger partial charge is 0.251 e. The summed E-state index contributed by atoms with van der Waals surface area (Å²) in [5, 5.41) is 10.3. The number of ether oxygens (including phenoxy) is 1. The molecule has 7 heteroatoms. The fourth-order valence-electron chi connectivity index (χ4n) is 1.54. The SMILES string of the molecule is COc1ccc(C(=O)NCCSc2n[nH]c(C)n2)cc1. The van der Waals surface area contributed by atoms with Gasteiger partial charge >= 0.3 is 0 Å². The predicted octanol–water partition coefficient (Wildman–Crippen LogP) is 1.64. The van der Waals surface area contributed by atoms with Crippen LogP contribution in [0.3, 0.4) is 0 Å². The molecule has 2 aromatic rings. The molecule has 1 heterocycles. The van der Waals surface area contributed by atoms with Gasteiger partial charge in [-0.2, -0.15) is 0 Å². The first-order chi connectivity index (χ1) is 9.69. The van der Waals surface area contributed by atoms with Crippen LogP contribution in [0.15, 0.2) is 29.4 Å². The van der Waals surface area contributed by atoms with Gasteiger partial charge < -0.3 is 10.1 Å². The molecule has 0 saturated carbocycles. The van der Waals surface area contributed by atoms with Crippen LogP contribution in [0.25, 0.3) is 0 Å². The van der Waals surface area contributed by atoms with Crippen LogP contribution in [0.1, 0.15) is 16.2 Å². The first kappa shape index (κ1) is 14.4. The first-order valence-electron chi connectivity index (χ1n) is 6.13. The van der Waals surface area contributed by atoms with E-state index < -0.39 is 0 Å². The Morgan fingerprint density at radius 3 is 2.75 bits per heavy atom. The van der Waals surface area contributed by atoms with E-state index in [2.05, 4.69) is 20.5 Å². The molecule has 106 valence electrons. The van der Waals surface area contributed by atoms with Crippen LogP contribution in [0, 0.1) is 6.92 Å². The van der Waals surface area contributed by atoms with Crippen molar-refractivity contribution < 1.29 is 9.53 Å². The van der Waals surface area contributed by atoms with Crippen molar-refractivity contribution in [2.75, 3.05) is 19.4 Å². The Morgan fingerprint density at radius 1 is 1.40 bits per heavy atom. The number of carbonyl (C=O) groups excluding carboxylic acids is 1. The van der Waals surface area contributed by atoms with E-state index in [0.717, 1.165) is 17.3 Å². The molecule has 0 saturated heterocycles. The van der Waals surface area contributed by atoms with Crippen molar-refractivity contribution in [1.82, 2.24) is 20.5 Å². The summed E-state index contributed by atoms with van der Waals surface area (Å²) in [5.74, 6) is 2.14. The Labute approximate surface area is 121 Å². The van der Waals surface area contributed by atoms with Crippen LogP contribution < -0.4 is 10.1 Å². The Morgan fingerprint density at radius 2 is 2.15 bits per heavy atom. The number of aromatic nitrogens is 3. The van der Waals surface area contributed by atoms with E-state index in [1.807, 2.05) is 6.92 Å². The lowest BCUT2D eigenvalue weighted by Crippen LogP contribution is -2.25. The van der Waals surface area contributed by atoms with Crippen molar-refractivity contribution in [2.45, 2.75) is 12.1 Å². The second-order valence-electron chi connectivity index (χ2n) is 4.04. The summed E-state index contributed by atoms with van der Waals surface area (Å²) in [6.07, 6.45) is 0. The average molecular weight is 292 g/mol. The molecular weight excluding hydrogens is 276 g/mol. The molecule has 0 spiro atoms. The second-order valence-corrected chi connectivity index (χ2v) is 5.10. The van der Waals surface area contributed by atoms with Crippen molar-refractivity contribution in [2.24, 2.45) is 0 Å². The van der Waals surface area contributed by atoms with E-state index in [-0.39, 0.29) is 5.91 Å². The summed E-state index contributed by atoms with van der Waals surface area (Å²) < 4.78 is 5.05. The minimum Gasteiger partial charge on any atom is -0.497 e. The number of nitrogens with one attached hydrogen (secondary N) is 2. The van der Waals surface area contributed by atoms with E-state index in [0.29, 0.717) is 17.3 Å². The number of hydrogen-bond donors (Lipinski definition) is 2. The van der Waals surface area contributed by atoms with Crippen molar-refractivity contribution in [3.63, 3.8) is 0 Å². The van der Waals surface area contributed by atoms with E-state index in [1.165, 1.54) is 11.8 Å². The van der Waals surface area contributed by atoms with E-state index in [4.69, 9.17) is 4.74 Å². The number of hydrogen-bond acceptors (Lipinski definition) is 5. The number of H-pyrrole nitrogens is 1. The van der Waals surface area contributed by atoms with Crippen LogP contribution >= 0.6 is 11.8 Å². The van der Waals surface area contributed by atoms with Gasteiger partial charge in [0, 0.05) is 17.9 Å². The summed E-state index contributed by atoms with van der Waals surface area (Å²) in [6, 6.07) is 7.00. The molecule has 20 heavy (non-hydrogen) atoms. The number of amides is 1. The first-order valence-corrected chi connectivity index (χ1v) is 7.11. The third kappa shape index (κ3) is 3.99. The molecule has 0 unspecified atom stereocenters. The van der Waals surface area contributed by atoms with Gasteiger partial charge in [-0.05, 0) is 31.2 Å². The van der Waals surface area contributed by atoms with Gasteiger partial charge in [0.1, 0.15) is 11.6 Å². The number of aromatic amines is 1. The molecule has 0 bridgehead atoms. The zero-order valence-electron chi connectivity index (χ0n) is 11.3. The quantitative estimate of drug-likeness (QED) is 0.625. The molecule has 1 aromatic carbocycles. The third-order valence-electron chi connectivity index (χ3n) is 2.55. The lowest BCUT2D eigenvalue weighted by atomic mass is 10.2. The molecule has 0 atom stereocenters. The predicted molar refractivity (Wildman–Crippen MR) is 77.2 cm³/mol. The van der Waals surface area contributed by atoms with Gasteiger partial charge in [0.2, 0.25) is 5.16 Å². The summed E-state index contributed by atoms with van der Waals surface area (Å²) in [5.41, 5.74) is 0.615. The maximum absolute atomic E-state index is 11.9. The highest BCUT2D eigenvalue weighted by Crippen LogP contribution is 2.12. The van der Waals surface area contributed by atoms with Crippen molar-refractivity contribution in [3.8, 4) is 5.75 Å². The largest absolute Gasteiger partial charge is 0.497 e. The van der Waals surface area contributed by atoms with Crippen LogP contribution in [-0.2, 0) is 0 Å². The average Bonchev–Trinajstić information content (AvgIpc) is 2.89. The van der Waals surface area contributed by atoms with Gasteiger partial charge in [-0.3, -0.25) is 9.89 Å². The molecule has 2 rings (SSSR count). The number of aryl methyl sites for hydroxylation is 1. The molecule has 1 amide bonds. The summed E-state index contributed by atoms with van der Waals surface area (Å²) in [4.78, 5) is 16.0. The third-order valence-corrected chi connectivity index (χ3v) is 3.40. The Balaban J connectivity index is 1.74. The molecule has 0 aliphatic carbocycles. The van der Waals surface area contributed by atoms with Crippen LogP contribution in [0.2, 0.25) is 0 Å². The van der Waals surface area contributed by atoms with Gasteiger partial charge in [0.25, 0.3) is 5.91 Å². The van der Waals surface area contributed by atoms with Crippen LogP contribution in [0.4, 0.5) is 0 Å². The van der Waals surface area contributed by atoms with Gasteiger partial charge in [-0.25, -0.2) is 4.98 Å². The molecule has 1 aromatic heterocycles. The molecule has 0 aliphatic heterocycles. The number of nitrogens with zero attached hydrogens (tertiary/aromatic N) is 2. The number of thioether (sulfide) groups is 1. The highest BCUT2D eigenvalue weighted by Gasteiger charge is 2.05. The second kappa shape index (κ2) is 6.95. The van der Waals surface area contributed by atoms with Crippen molar-refractivity contribution in [1.29, 1.82) is 0 Å². The molecule has 0 fully saturated rings. The number of rotatable bonds is 6.